The number of unbranched alkanes of at least 4 members (excludes halogenated alkanes) is 3. The van der Waals surface area contributed by atoms with Crippen LogP contribution >= 0.6 is 0 Å². The van der Waals surface area contributed by atoms with Gasteiger partial charge in [-0.3, -0.25) is 4.79 Å². The molecule has 0 bridgehead atoms. The molecule has 0 aromatic heterocycles. The van der Waals surface area contributed by atoms with Crippen LogP contribution in [-0.4, -0.2) is 25.7 Å². The van der Waals surface area contributed by atoms with Crippen molar-refractivity contribution >= 4 is 11.6 Å². The summed E-state index contributed by atoms with van der Waals surface area (Å²) in [4.78, 5) is 12.5. The van der Waals surface area contributed by atoms with Gasteiger partial charge >= 0.3 is 0 Å². The SMILES string of the molecule is CCCCCCOc1ccc(NC(=O)c2ccc(OCCOc3ccccc3)cc2)cc1. The number of hydrogen-bond donors (Lipinski definition) is 1. The first kappa shape index (κ1) is 23.2. The molecule has 0 fully saturated rings. The summed E-state index contributed by atoms with van der Waals surface area (Å²) in [6, 6.07) is 24.1. The number of benzene rings is 3. The van der Waals surface area contributed by atoms with Crippen molar-refractivity contribution in [2.45, 2.75) is 32.6 Å². The van der Waals surface area contributed by atoms with Crippen LogP contribution in [0.3, 0.4) is 0 Å². The first-order valence-electron chi connectivity index (χ1n) is 11.2. The average molecular weight is 434 g/mol. The van der Waals surface area contributed by atoms with E-state index in [9.17, 15) is 4.79 Å². The van der Waals surface area contributed by atoms with Gasteiger partial charge in [0.05, 0.1) is 6.61 Å². The van der Waals surface area contributed by atoms with E-state index >= 15 is 0 Å². The van der Waals surface area contributed by atoms with Crippen molar-refractivity contribution in [1.29, 1.82) is 0 Å². The van der Waals surface area contributed by atoms with E-state index in [-0.39, 0.29) is 5.91 Å². The van der Waals surface area contributed by atoms with Gasteiger partial charge in [0.1, 0.15) is 30.5 Å². The largest absolute Gasteiger partial charge is 0.494 e. The lowest BCUT2D eigenvalue weighted by Crippen LogP contribution is -2.12. The summed E-state index contributed by atoms with van der Waals surface area (Å²) >= 11 is 0. The maximum atomic E-state index is 12.5. The summed E-state index contributed by atoms with van der Waals surface area (Å²) in [6.07, 6.45) is 4.71. The molecule has 168 valence electrons. The van der Waals surface area contributed by atoms with Gasteiger partial charge in [0.2, 0.25) is 0 Å². The second-order valence-corrected chi connectivity index (χ2v) is 7.42. The van der Waals surface area contributed by atoms with E-state index in [1.54, 1.807) is 24.3 Å². The van der Waals surface area contributed by atoms with Crippen LogP contribution in [0.25, 0.3) is 0 Å². The Bertz CT molecular complexity index is 924. The third-order valence-electron chi connectivity index (χ3n) is 4.86. The van der Waals surface area contributed by atoms with E-state index in [1.165, 1.54) is 19.3 Å². The molecule has 1 amide bonds. The van der Waals surface area contributed by atoms with Crippen LogP contribution in [0.5, 0.6) is 17.2 Å². The molecule has 0 spiro atoms. The van der Waals surface area contributed by atoms with E-state index in [0.29, 0.717) is 24.5 Å². The molecular weight excluding hydrogens is 402 g/mol. The number of para-hydroxylation sites is 1. The highest BCUT2D eigenvalue weighted by Crippen LogP contribution is 2.18. The van der Waals surface area contributed by atoms with E-state index in [2.05, 4.69) is 12.2 Å². The number of rotatable bonds is 13. The molecule has 0 aliphatic rings. The minimum Gasteiger partial charge on any atom is -0.494 e. The maximum absolute atomic E-state index is 12.5. The van der Waals surface area contributed by atoms with Gasteiger partial charge in [-0.2, -0.15) is 0 Å². The number of ether oxygens (including phenoxy) is 3. The molecule has 0 unspecified atom stereocenters. The van der Waals surface area contributed by atoms with Crippen LogP contribution in [-0.2, 0) is 0 Å². The highest BCUT2D eigenvalue weighted by Gasteiger charge is 2.07. The Labute approximate surface area is 190 Å². The zero-order chi connectivity index (χ0) is 22.4. The number of carbonyl (C=O) groups is 1. The molecule has 0 saturated carbocycles. The van der Waals surface area contributed by atoms with Crippen LogP contribution in [0, 0.1) is 0 Å². The molecule has 32 heavy (non-hydrogen) atoms. The first-order chi connectivity index (χ1) is 15.7. The zero-order valence-electron chi connectivity index (χ0n) is 18.6. The monoisotopic (exact) mass is 433 g/mol. The molecule has 0 aliphatic carbocycles. The minimum absolute atomic E-state index is 0.169. The lowest BCUT2D eigenvalue weighted by Gasteiger charge is -2.10. The van der Waals surface area contributed by atoms with Gasteiger partial charge < -0.3 is 19.5 Å². The molecule has 0 saturated heterocycles. The number of hydrogen-bond acceptors (Lipinski definition) is 4. The Kier molecular flexibility index (Phi) is 9.46. The number of anilines is 1. The highest BCUT2D eigenvalue weighted by atomic mass is 16.5. The molecule has 3 rings (SSSR count). The van der Waals surface area contributed by atoms with Crippen LogP contribution in [0.15, 0.2) is 78.9 Å². The summed E-state index contributed by atoms with van der Waals surface area (Å²) in [5, 5.41) is 2.90. The van der Waals surface area contributed by atoms with Crippen LogP contribution < -0.4 is 19.5 Å². The van der Waals surface area contributed by atoms with Crippen LogP contribution in [0.2, 0.25) is 0 Å². The second kappa shape index (κ2) is 13.1. The third-order valence-corrected chi connectivity index (χ3v) is 4.86. The Hall–Kier alpha value is -3.47. The van der Waals surface area contributed by atoms with Gasteiger partial charge in [-0.15, -0.1) is 0 Å². The summed E-state index contributed by atoms with van der Waals surface area (Å²) < 4.78 is 17.0. The summed E-state index contributed by atoms with van der Waals surface area (Å²) in [7, 11) is 0. The zero-order valence-corrected chi connectivity index (χ0v) is 18.6. The van der Waals surface area contributed by atoms with E-state index in [1.807, 2.05) is 54.6 Å². The molecule has 1 N–H and O–H groups in total. The lowest BCUT2D eigenvalue weighted by atomic mass is 10.2. The van der Waals surface area contributed by atoms with E-state index in [0.717, 1.165) is 30.2 Å². The van der Waals surface area contributed by atoms with Gasteiger partial charge in [-0.1, -0.05) is 44.4 Å². The van der Waals surface area contributed by atoms with Crippen LogP contribution in [0.4, 0.5) is 5.69 Å². The van der Waals surface area contributed by atoms with Gasteiger partial charge in [0, 0.05) is 11.3 Å². The average Bonchev–Trinajstić information content (AvgIpc) is 2.84. The molecular formula is C27H31NO4. The minimum atomic E-state index is -0.169. The van der Waals surface area contributed by atoms with E-state index < -0.39 is 0 Å². The summed E-state index contributed by atoms with van der Waals surface area (Å²) in [5.41, 5.74) is 1.29. The van der Waals surface area contributed by atoms with Crippen molar-refractivity contribution in [3.8, 4) is 17.2 Å². The lowest BCUT2D eigenvalue weighted by molar-refractivity contribution is 0.102. The quantitative estimate of drug-likeness (QED) is 0.319. The van der Waals surface area contributed by atoms with Crippen molar-refractivity contribution in [3.63, 3.8) is 0 Å². The highest BCUT2D eigenvalue weighted by molar-refractivity contribution is 6.04. The first-order valence-corrected chi connectivity index (χ1v) is 11.2. The Morgan fingerprint density at radius 1 is 0.656 bits per heavy atom. The molecule has 0 aliphatic heterocycles. The van der Waals surface area contributed by atoms with Gasteiger partial charge in [-0.25, -0.2) is 0 Å². The Balaban J connectivity index is 1.39. The van der Waals surface area contributed by atoms with Gasteiger partial charge in [0.15, 0.2) is 0 Å². The summed E-state index contributed by atoms with van der Waals surface area (Å²) in [5.74, 6) is 2.16. The molecule has 3 aromatic rings. The van der Waals surface area contributed by atoms with Crippen LogP contribution in [0.1, 0.15) is 43.0 Å². The molecule has 0 atom stereocenters. The predicted molar refractivity (Wildman–Crippen MR) is 128 cm³/mol. The second-order valence-electron chi connectivity index (χ2n) is 7.42. The van der Waals surface area contributed by atoms with Crippen molar-refractivity contribution in [2.75, 3.05) is 25.1 Å². The Morgan fingerprint density at radius 2 is 1.22 bits per heavy atom. The van der Waals surface area contributed by atoms with Gasteiger partial charge in [0.25, 0.3) is 5.91 Å². The predicted octanol–water partition coefficient (Wildman–Crippen LogP) is 6.36. The van der Waals surface area contributed by atoms with E-state index in [4.69, 9.17) is 14.2 Å². The number of nitrogens with one attached hydrogen (secondary N) is 1. The molecule has 5 heteroatoms. The molecule has 3 aromatic carbocycles. The fourth-order valence-corrected chi connectivity index (χ4v) is 3.09. The standard InChI is InChI=1S/C27H31NO4/c1-2-3-4-8-19-30-26-17-13-23(14-18-26)28-27(29)22-11-15-25(16-12-22)32-21-20-31-24-9-6-5-7-10-24/h5-7,9-18H,2-4,8,19-21H2,1H3,(H,28,29). The normalized spacial score (nSPS) is 10.4. The third kappa shape index (κ3) is 7.99. The Morgan fingerprint density at radius 3 is 1.84 bits per heavy atom. The molecule has 0 radical (unpaired) electrons. The summed E-state index contributed by atoms with van der Waals surface area (Å²) in [6.45, 7) is 3.79. The van der Waals surface area contributed by atoms with Crippen molar-refractivity contribution < 1.29 is 19.0 Å². The molecule has 5 nitrogen and oxygen atoms in total. The van der Waals surface area contributed by atoms with Crippen molar-refractivity contribution in [3.05, 3.63) is 84.4 Å². The smallest absolute Gasteiger partial charge is 0.255 e. The fraction of sp³-hybridized carbons (Fsp3) is 0.296. The van der Waals surface area contributed by atoms with Crippen molar-refractivity contribution in [1.82, 2.24) is 0 Å². The maximum Gasteiger partial charge on any atom is 0.255 e. The topological polar surface area (TPSA) is 56.8 Å². The van der Waals surface area contributed by atoms with Gasteiger partial charge in [-0.05, 0) is 67.1 Å². The van der Waals surface area contributed by atoms with Crippen molar-refractivity contribution in [2.24, 2.45) is 0 Å². The number of carbonyl (C=O) groups excluding carboxylic acids is 1. The number of amides is 1. The fourth-order valence-electron chi connectivity index (χ4n) is 3.09. The molecule has 0 heterocycles.